The predicted molar refractivity (Wildman–Crippen MR) is 106 cm³/mol. The molecule has 7 heteroatoms. The zero-order valence-electron chi connectivity index (χ0n) is 15.7. The number of anilines is 1. The minimum atomic E-state index is -0.226. The third-order valence-corrected chi connectivity index (χ3v) is 4.70. The maximum atomic E-state index is 12.2. The van der Waals surface area contributed by atoms with E-state index in [-0.39, 0.29) is 12.5 Å². The fourth-order valence-corrected chi connectivity index (χ4v) is 3.27. The van der Waals surface area contributed by atoms with Crippen LogP contribution in [0.25, 0.3) is 11.4 Å². The van der Waals surface area contributed by atoms with Gasteiger partial charge in [0.25, 0.3) is 5.91 Å². The number of aromatic nitrogens is 3. The van der Waals surface area contributed by atoms with Gasteiger partial charge in [0.15, 0.2) is 12.4 Å². The van der Waals surface area contributed by atoms with Crippen molar-refractivity contribution in [2.24, 2.45) is 0 Å². The fourth-order valence-electron chi connectivity index (χ4n) is 3.27. The van der Waals surface area contributed by atoms with Crippen LogP contribution < -0.4 is 14.8 Å². The number of nitrogens with one attached hydrogen (secondary N) is 1. The number of methoxy groups -OCH3 is 1. The van der Waals surface area contributed by atoms with Gasteiger partial charge >= 0.3 is 0 Å². The van der Waals surface area contributed by atoms with E-state index in [1.807, 2.05) is 24.3 Å². The molecule has 0 saturated carbocycles. The van der Waals surface area contributed by atoms with Crippen LogP contribution >= 0.6 is 0 Å². The van der Waals surface area contributed by atoms with Crippen molar-refractivity contribution in [3.8, 4) is 22.9 Å². The van der Waals surface area contributed by atoms with Crippen molar-refractivity contribution in [3.05, 3.63) is 54.4 Å². The summed E-state index contributed by atoms with van der Waals surface area (Å²) in [6, 6.07) is 14.8. The highest BCUT2D eigenvalue weighted by Gasteiger charge is 2.17. The van der Waals surface area contributed by atoms with E-state index in [1.54, 1.807) is 31.4 Å². The molecule has 3 aromatic rings. The van der Waals surface area contributed by atoms with Gasteiger partial charge in [-0.1, -0.05) is 12.1 Å². The SMILES string of the molecule is COc1ccc(NC(=O)COc2cccc(-c3nnc4n3CCCC4)c2)cc1. The van der Waals surface area contributed by atoms with Gasteiger partial charge in [0, 0.05) is 24.2 Å². The van der Waals surface area contributed by atoms with E-state index in [0.717, 1.165) is 48.8 Å². The number of nitrogens with zero attached hydrogens (tertiary/aromatic N) is 3. The second-order valence-electron chi connectivity index (χ2n) is 6.64. The number of hydrogen-bond donors (Lipinski definition) is 1. The minimum absolute atomic E-state index is 0.0760. The topological polar surface area (TPSA) is 78.3 Å². The highest BCUT2D eigenvalue weighted by molar-refractivity contribution is 5.91. The van der Waals surface area contributed by atoms with Crippen LogP contribution in [0.4, 0.5) is 5.69 Å². The molecule has 1 aromatic heterocycles. The molecule has 2 aromatic carbocycles. The molecular formula is C21H22N4O3. The molecule has 1 aliphatic rings. The molecule has 0 atom stereocenters. The van der Waals surface area contributed by atoms with Gasteiger partial charge in [-0.25, -0.2) is 0 Å². The van der Waals surface area contributed by atoms with Crippen molar-refractivity contribution < 1.29 is 14.3 Å². The Labute approximate surface area is 163 Å². The van der Waals surface area contributed by atoms with Crippen molar-refractivity contribution in [1.29, 1.82) is 0 Å². The number of fused-ring (bicyclic) bond motifs is 1. The van der Waals surface area contributed by atoms with E-state index < -0.39 is 0 Å². The van der Waals surface area contributed by atoms with E-state index in [4.69, 9.17) is 9.47 Å². The van der Waals surface area contributed by atoms with E-state index in [0.29, 0.717) is 11.4 Å². The van der Waals surface area contributed by atoms with E-state index in [1.165, 1.54) is 0 Å². The maximum Gasteiger partial charge on any atom is 0.262 e. The molecule has 1 N–H and O–H groups in total. The Morgan fingerprint density at radius 3 is 2.79 bits per heavy atom. The molecular weight excluding hydrogens is 356 g/mol. The van der Waals surface area contributed by atoms with Crippen molar-refractivity contribution in [1.82, 2.24) is 14.8 Å². The van der Waals surface area contributed by atoms with Crippen LogP contribution in [0.15, 0.2) is 48.5 Å². The van der Waals surface area contributed by atoms with Gasteiger partial charge in [0.2, 0.25) is 0 Å². The molecule has 0 spiro atoms. The summed E-state index contributed by atoms with van der Waals surface area (Å²) in [5, 5.41) is 11.4. The molecule has 1 aliphatic heterocycles. The minimum Gasteiger partial charge on any atom is -0.497 e. The molecule has 4 rings (SSSR count). The molecule has 1 amide bonds. The normalized spacial score (nSPS) is 12.9. The number of ether oxygens (including phenoxy) is 2. The Kier molecular flexibility index (Phi) is 5.23. The van der Waals surface area contributed by atoms with Gasteiger partial charge in [-0.3, -0.25) is 4.79 Å². The average Bonchev–Trinajstić information content (AvgIpc) is 3.17. The van der Waals surface area contributed by atoms with Crippen LogP contribution in [-0.4, -0.2) is 34.4 Å². The van der Waals surface area contributed by atoms with Crippen LogP contribution in [0.5, 0.6) is 11.5 Å². The molecule has 2 heterocycles. The van der Waals surface area contributed by atoms with Crippen LogP contribution in [0.2, 0.25) is 0 Å². The summed E-state index contributed by atoms with van der Waals surface area (Å²) in [7, 11) is 1.60. The zero-order valence-corrected chi connectivity index (χ0v) is 15.7. The summed E-state index contributed by atoms with van der Waals surface area (Å²) in [5.41, 5.74) is 1.63. The number of carbonyl (C=O) groups is 1. The third kappa shape index (κ3) is 3.98. The largest absolute Gasteiger partial charge is 0.497 e. The second-order valence-corrected chi connectivity index (χ2v) is 6.64. The Bertz CT molecular complexity index is 966. The highest BCUT2D eigenvalue weighted by atomic mass is 16.5. The van der Waals surface area contributed by atoms with Gasteiger partial charge in [-0.15, -0.1) is 10.2 Å². The summed E-state index contributed by atoms with van der Waals surface area (Å²) >= 11 is 0. The van der Waals surface area contributed by atoms with Gasteiger partial charge < -0.3 is 19.4 Å². The molecule has 0 saturated heterocycles. The van der Waals surface area contributed by atoms with E-state index in [2.05, 4.69) is 20.1 Å². The lowest BCUT2D eigenvalue weighted by atomic mass is 10.1. The summed E-state index contributed by atoms with van der Waals surface area (Å²) < 4.78 is 12.9. The number of benzene rings is 2. The van der Waals surface area contributed by atoms with Crippen LogP contribution in [-0.2, 0) is 17.8 Å². The zero-order chi connectivity index (χ0) is 19.3. The summed E-state index contributed by atoms with van der Waals surface area (Å²) in [6.07, 6.45) is 3.26. The first-order chi connectivity index (χ1) is 13.7. The number of hydrogen-bond acceptors (Lipinski definition) is 5. The van der Waals surface area contributed by atoms with Gasteiger partial charge in [0.05, 0.1) is 7.11 Å². The number of aryl methyl sites for hydroxylation is 1. The quantitative estimate of drug-likeness (QED) is 0.712. The Morgan fingerprint density at radius 1 is 1.11 bits per heavy atom. The first kappa shape index (κ1) is 18.0. The highest BCUT2D eigenvalue weighted by Crippen LogP contribution is 2.26. The summed E-state index contributed by atoms with van der Waals surface area (Å²) in [6.45, 7) is 0.862. The molecule has 7 nitrogen and oxygen atoms in total. The van der Waals surface area contributed by atoms with Crippen LogP contribution in [0.1, 0.15) is 18.7 Å². The number of rotatable bonds is 6. The van der Waals surface area contributed by atoms with Gasteiger partial charge in [0.1, 0.15) is 17.3 Å². The first-order valence-electron chi connectivity index (χ1n) is 9.32. The summed E-state index contributed by atoms with van der Waals surface area (Å²) in [5.74, 6) is 3.02. The van der Waals surface area contributed by atoms with Gasteiger partial charge in [-0.2, -0.15) is 0 Å². The number of amides is 1. The Hall–Kier alpha value is -3.35. The van der Waals surface area contributed by atoms with Crippen molar-refractivity contribution in [2.75, 3.05) is 19.0 Å². The standard InChI is InChI=1S/C21H22N4O3/c1-27-17-10-8-16(9-11-17)22-20(26)14-28-18-6-4-5-15(13-18)21-24-23-19-7-2-3-12-25(19)21/h4-6,8-11,13H,2-3,7,12,14H2,1H3,(H,22,26). The Morgan fingerprint density at radius 2 is 1.96 bits per heavy atom. The van der Waals surface area contributed by atoms with Crippen LogP contribution in [0.3, 0.4) is 0 Å². The molecule has 0 unspecified atom stereocenters. The molecule has 0 radical (unpaired) electrons. The molecule has 28 heavy (non-hydrogen) atoms. The monoisotopic (exact) mass is 378 g/mol. The lowest BCUT2D eigenvalue weighted by Gasteiger charge is -2.15. The third-order valence-electron chi connectivity index (χ3n) is 4.70. The molecule has 144 valence electrons. The lowest BCUT2D eigenvalue weighted by Crippen LogP contribution is -2.20. The van der Waals surface area contributed by atoms with E-state index in [9.17, 15) is 4.79 Å². The average molecular weight is 378 g/mol. The summed E-state index contributed by atoms with van der Waals surface area (Å²) in [4.78, 5) is 12.2. The molecule has 0 fully saturated rings. The lowest BCUT2D eigenvalue weighted by molar-refractivity contribution is -0.118. The Balaban J connectivity index is 1.39. The van der Waals surface area contributed by atoms with Gasteiger partial charge in [-0.05, 0) is 49.2 Å². The molecule has 0 bridgehead atoms. The maximum absolute atomic E-state index is 12.2. The van der Waals surface area contributed by atoms with Crippen molar-refractivity contribution in [2.45, 2.75) is 25.8 Å². The first-order valence-corrected chi connectivity index (χ1v) is 9.32. The van der Waals surface area contributed by atoms with E-state index >= 15 is 0 Å². The fraction of sp³-hybridized carbons (Fsp3) is 0.286. The molecule has 0 aliphatic carbocycles. The van der Waals surface area contributed by atoms with Crippen molar-refractivity contribution in [3.63, 3.8) is 0 Å². The predicted octanol–water partition coefficient (Wildman–Crippen LogP) is 3.31. The van der Waals surface area contributed by atoms with Crippen molar-refractivity contribution >= 4 is 11.6 Å². The van der Waals surface area contributed by atoms with Crippen LogP contribution in [0, 0.1) is 0 Å². The number of carbonyl (C=O) groups excluding carboxylic acids is 1. The second kappa shape index (κ2) is 8.12. The smallest absolute Gasteiger partial charge is 0.262 e.